The van der Waals surface area contributed by atoms with Crippen molar-refractivity contribution in [2.24, 2.45) is 5.73 Å². The fraction of sp³-hybridized carbons (Fsp3) is 0.290. The number of benzene rings is 2. The van der Waals surface area contributed by atoms with Gasteiger partial charge in [0, 0.05) is 54.4 Å². The van der Waals surface area contributed by atoms with Gasteiger partial charge in [0.1, 0.15) is 11.4 Å². The molecule has 0 saturated carbocycles. The summed E-state index contributed by atoms with van der Waals surface area (Å²) in [6.07, 6.45) is 4.60. The third-order valence-corrected chi connectivity index (χ3v) is 8.02. The molecule has 234 valence electrons. The Labute approximate surface area is 270 Å². The molecule has 1 fully saturated rings. The summed E-state index contributed by atoms with van der Waals surface area (Å²) in [4.78, 5) is 40.9. The first-order chi connectivity index (χ1) is 21.8. The van der Waals surface area contributed by atoms with Crippen molar-refractivity contribution in [3.63, 3.8) is 0 Å². The number of amides is 2. The Morgan fingerprint density at radius 2 is 1.40 bits per heavy atom. The van der Waals surface area contributed by atoms with Gasteiger partial charge < -0.3 is 31.2 Å². The fourth-order valence-electron chi connectivity index (χ4n) is 5.00. The second-order valence-electron chi connectivity index (χ2n) is 10.3. The van der Waals surface area contributed by atoms with Gasteiger partial charge >= 0.3 is 0 Å². The van der Waals surface area contributed by atoms with Crippen LogP contribution in [0.1, 0.15) is 24.2 Å². The third-order valence-electron chi connectivity index (χ3n) is 7.21. The van der Waals surface area contributed by atoms with Gasteiger partial charge in [0.15, 0.2) is 0 Å². The molecule has 2 aromatic heterocycles. The highest BCUT2D eigenvalue weighted by Crippen LogP contribution is 2.42. The minimum Gasteiger partial charge on any atom is -0.480 e. The highest BCUT2D eigenvalue weighted by atomic mass is 35.5. The highest BCUT2D eigenvalue weighted by molar-refractivity contribution is 6.39. The van der Waals surface area contributed by atoms with E-state index in [9.17, 15) is 9.59 Å². The van der Waals surface area contributed by atoms with Gasteiger partial charge in [-0.2, -0.15) is 0 Å². The van der Waals surface area contributed by atoms with Gasteiger partial charge in [-0.3, -0.25) is 19.6 Å². The standard InChI is InChI=1S/C31H32Cl2N8O4/c1-44-30-24(12-35-11-17-9-10-27(43)39-17)37-14-22(40-30)20-7-3-5-18(28(20)32)19-6-4-8-21(29(19)33)23-15-38-25(31(41-23)45-2)13-36-16-26(34)42/h3-8,14-15,17,35-36H,9-13,16H2,1-2H3,(H2,34,42)(H,39,43). The zero-order valence-corrected chi connectivity index (χ0v) is 26.2. The van der Waals surface area contributed by atoms with Crippen LogP contribution in [0.2, 0.25) is 10.0 Å². The predicted octanol–water partition coefficient (Wildman–Crippen LogP) is 3.53. The van der Waals surface area contributed by atoms with Crippen LogP contribution < -0.4 is 31.2 Å². The van der Waals surface area contributed by atoms with Crippen LogP contribution in [0.25, 0.3) is 33.6 Å². The Morgan fingerprint density at radius 3 is 1.87 bits per heavy atom. The number of hydrogen-bond donors (Lipinski definition) is 4. The molecule has 1 aliphatic heterocycles. The van der Waals surface area contributed by atoms with Gasteiger partial charge in [-0.25, -0.2) is 9.97 Å². The van der Waals surface area contributed by atoms with Gasteiger partial charge in [0.25, 0.3) is 0 Å². The number of rotatable bonds is 13. The number of hydrogen-bond acceptors (Lipinski definition) is 10. The van der Waals surface area contributed by atoms with Crippen LogP contribution in [0.3, 0.4) is 0 Å². The van der Waals surface area contributed by atoms with Crippen LogP contribution >= 0.6 is 23.2 Å². The van der Waals surface area contributed by atoms with Crippen molar-refractivity contribution in [1.82, 2.24) is 35.9 Å². The number of aromatic nitrogens is 4. The van der Waals surface area contributed by atoms with Crippen LogP contribution in [0.4, 0.5) is 0 Å². The number of carbonyl (C=O) groups excluding carboxylic acids is 2. The molecule has 14 heteroatoms. The first kappa shape index (κ1) is 32.0. The molecular weight excluding hydrogens is 619 g/mol. The zero-order valence-electron chi connectivity index (χ0n) is 24.7. The van der Waals surface area contributed by atoms with E-state index in [0.717, 1.165) is 6.42 Å². The Kier molecular flexibility index (Phi) is 10.4. The lowest BCUT2D eigenvalue weighted by molar-refractivity contribution is -0.119. The molecule has 45 heavy (non-hydrogen) atoms. The summed E-state index contributed by atoms with van der Waals surface area (Å²) < 4.78 is 11.0. The van der Waals surface area contributed by atoms with E-state index in [1.54, 1.807) is 19.5 Å². The molecule has 0 spiro atoms. The third kappa shape index (κ3) is 7.48. The van der Waals surface area contributed by atoms with Gasteiger partial charge in [0.2, 0.25) is 23.6 Å². The average Bonchev–Trinajstić information content (AvgIpc) is 3.46. The molecule has 0 bridgehead atoms. The maximum atomic E-state index is 11.5. The topological polar surface area (TPSA) is 166 Å². The summed E-state index contributed by atoms with van der Waals surface area (Å²) in [5, 5.41) is 10.0. The number of halogens is 2. The van der Waals surface area contributed by atoms with Crippen molar-refractivity contribution in [2.45, 2.75) is 32.0 Å². The molecule has 1 saturated heterocycles. The number of carbonyl (C=O) groups is 2. The number of primary amides is 1. The summed E-state index contributed by atoms with van der Waals surface area (Å²) in [6, 6.07) is 11.3. The minimum atomic E-state index is -0.478. The molecule has 2 aromatic carbocycles. The Hall–Kier alpha value is -4.36. The van der Waals surface area contributed by atoms with Crippen molar-refractivity contribution < 1.29 is 19.1 Å². The lowest BCUT2D eigenvalue weighted by Crippen LogP contribution is -2.35. The summed E-state index contributed by atoms with van der Waals surface area (Å²) in [5.41, 5.74) is 10.1. The number of methoxy groups -OCH3 is 2. The first-order valence-corrected chi connectivity index (χ1v) is 14.9. The first-order valence-electron chi connectivity index (χ1n) is 14.2. The van der Waals surface area contributed by atoms with Crippen molar-refractivity contribution >= 4 is 35.0 Å². The molecule has 1 atom stereocenters. The predicted molar refractivity (Wildman–Crippen MR) is 171 cm³/mol. The lowest BCUT2D eigenvalue weighted by Gasteiger charge is -2.15. The van der Waals surface area contributed by atoms with Gasteiger partial charge in [0.05, 0.1) is 54.6 Å². The van der Waals surface area contributed by atoms with E-state index in [4.69, 9.17) is 43.4 Å². The van der Waals surface area contributed by atoms with Crippen LogP contribution in [0, 0.1) is 0 Å². The number of nitrogens with two attached hydrogens (primary N) is 1. The Morgan fingerprint density at radius 1 is 0.889 bits per heavy atom. The molecule has 4 aromatic rings. The van der Waals surface area contributed by atoms with E-state index in [1.165, 1.54) is 7.11 Å². The maximum Gasteiger partial charge on any atom is 0.237 e. The smallest absolute Gasteiger partial charge is 0.237 e. The molecule has 0 aliphatic carbocycles. The normalized spacial score (nSPS) is 14.3. The molecule has 5 N–H and O–H groups in total. The van der Waals surface area contributed by atoms with E-state index >= 15 is 0 Å². The molecule has 1 aliphatic rings. The Balaban J connectivity index is 1.39. The summed E-state index contributed by atoms with van der Waals surface area (Å²) in [6.45, 7) is 1.31. The van der Waals surface area contributed by atoms with Crippen molar-refractivity contribution in [1.29, 1.82) is 0 Å². The fourth-order valence-corrected chi connectivity index (χ4v) is 5.65. The summed E-state index contributed by atoms with van der Waals surface area (Å²) in [5.74, 6) is 0.264. The van der Waals surface area contributed by atoms with E-state index in [2.05, 4.69) is 30.9 Å². The largest absolute Gasteiger partial charge is 0.480 e. The number of nitrogens with one attached hydrogen (secondary N) is 3. The van der Waals surface area contributed by atoms with Crippen LogP contribution in [0.15, 0.2) is 48.8 Å². The Bertz CT molecular complexity index is 1720. The molecule has 12 nitrogen and oxygen atoms in total. The van der Waals surface area contributed by atoms with E-state index in [0.29, 0.717) is 86.3 Å². The van der Waals surface area contributed by atoms with E-state index in [-0.39, 0.29) is 25.0 Å². The van der Waals surface area contributed by atoms with Crippen molar-refractivity contribution in [3.8, 4) is 45.4 Å². The molecule has 5 rings (SSSR count). The minimum absolute atomic E-state index is 0.00233. The molecule has 3 heterocycles. The van der Waals surface area contributed by atoms with Crippen molar-refractivity contribution in [2.75, 3.05) is 27.3 Å². The second-order valence-corrected chi connectivity index (χ2v) is 11.0. The van der Waals surface area contributed by atoms with Crippen molar-refractivity contribution in [3.05, 3.63) is 70.2 Å². The average molecular weight is 652 g/mol. The zero-order chi connectivity index (χ0) is 31.9. The monoisotopic (exact) mass is 650 g/mol. The number of ether oxygens (including phenoxy) is 2. The van der Waals surface area contributed by atoms with Gasteiger partial charge in [-0.1, -0.05) is 59.6 Å². The van der Waals surface area contributed by atoms with Crippen LogP contribution in [0.5, 0.6) is 11.8 Å². The SMILES string of the molecule is COc1nc(-c2cccc(-c3cccc(-c4cnc(CNCC5CCC(=O)N5)c(OC)n4)c3Cl)c2Cl)cnc1CNCC(N)=O. The summed E-state index contributed by atoms with van der Waals surface area (Å²) in [7, 11) is 3.03. The van der Waals surface area contributed by atoms with E-state index < -0.39 is 5.91 Å². The molecule has 0 radical (unpaired) electrons. The van der Waals surface area contributed by atoms with Gasteiger partial charge in [-0.05, 0) is 6.42 Å². The summed E-state index contributed by atoms with van der Waals surface area (Å²) >= 11 is 14.0. The molecule has 2 amide bonds. The second kappa shape index (κ2) is 14.6. The van der Waals surface area contributed by atoms with Crippen LogP contribution in [-0.2, 0) is 22.7 Å². The molecule has 1 unspecified atom stereocenters. The molecular formula is C31H32Cl2N8O4. The number of nitrogens with zero attached hydrogens (tertiary/aromatic N) is 4. The lowest BCUT2D eigenvalue weighted by atomic mass is 9.98. The van der Waals surface area contributed by atoms with E-state index in [1.807, 2.05) is 36.4 Å². The quantitative estimate of drug-likeness (QED) is 0.168. The van der Waals surface area contributed by atoms with Gasteiger partial charge in [-0.15, -0.1) is 0 Å². The maximum absolute atomic E-state index is 11.5. The highest BCUT2D eigenvalue weighted by Gasteiger charge is 2.21. The van der Waals surface area contributed by atoms with Crippen LogP contribution in [-0.4, -0.2) is 65.1 Å².